The molecule has 0 bridgehead atoms. The lowest BCUT2D eigenvalue weighted by atomic mass is 9.74. The van der Waals surface area contributed by atoms with E-state index in [4.69, 9.17) is 15.0 Å². The van der Waals surface area contributed by atoms with E-state index in [9.17, 15) is 0 Å². The van der Waals surface area contributed by atoms with Crippen molar-refractivity contribution in [2.75, 3.05) is 5.73 Å². The van der Waals surface area contributed by atoms with Crippen molar-refractivity contribution < 1.29 is 9.31 Å². The van der Waals surface area contributed by atoms with Crippen LogP contribution in [0.25, 0.3) is 0 Å². The van der Waals surface area contributed by atoms with Crippen LogP contribution >= 0.6 is 0 Å². The van der Waals surface area contributed by atoms with E-state index in [1.165, 1.54) is 0 Å². The number of anilines is 1. The van der Waals surface area contributed by atoms with Crippen molar-refractivity contribution in [3.63, 3.8) is 0 Å². The Bertz CT molecular complexity index is 525. The highest BCUT2D eigenvalue weighted by Crippen LogP contribution is 2.37. The lowest BCUT2D eigenvalue weighted by Crippen LogP contribution is -2.41. The van der Waals surface area contributed by atoms with Gasteiger partial charge in [0.25, 0.3) is 0 Å². The van der Waals surface area contributed by atoms with Gasteiger partial charge in [0.15, 0.2) is 0 Å². The molecule has 0 aliphatic carbocycles. The Morgan fingerprint density at radius 2 is 1.60 bits per heavy atom. The van der Waals surface area contributed by atoms with Crippen LogP contribution in [0, 0.1) is 13.8 Å². The van der Waals surface area contributed by atoms with E-state index in [1.807, 2.05) is 41.5 Å². The van der Waals surface area contributed by atoms with Crippen molar-refractivity contribution in [3.05, 3.63) is 17.0 Å². The molecule has 0 saturated carbocycles. The number of rotatable bonds is 2. The Morgan fingerprint density at radius 3 is 2.05 bits per heavy atom. The molecule has 1 aromatic heterocycles. The molecule has 5 heteroatoms. The second kappa shape index (κ2) is 4.74. The molecular formula is C15H25BN2O2. The first-order valence-electron chi connectivity index (χ1n) is 7.21. The number of pyridine rings is 1. The highest BCUT2D eigenvalue weighted by molar-refractivity contribution is 6.64. The van der Waals surface area contributed by atoms with Gasteiger partial charge in [0.2, 0.25) is 0 Å². The van der Waals surface area contributed by atoms with Gasteiger partial charge in [-0.05, 0) is 53.5 Å². The van der Waals surface area contributed by atoms with Crippen LogP contribution in [0.2, 0.25) is 0 Å². The van der Waals surface area contributed by atoms with Crippen LogP contribution in [0.3, 0.4) is 0 Å². The Labute approximate surface area is 122 Å². The minimum absolute atomic E-state index is 0.361. The molecule has 1 fully saturated rings. The topological polar surface area (TPSA) is 57.4 Å². The van der Waals surface area contributed by atoms with Crippen LogP contribution in [0.1, 0.15) is 51.6 Å². The van der Waals surface area contributed by atoms with Crippen molar-refractivity contribution in [1.82, 2.24) is 4.98 Å². The fourth-order valence-electron chi connectivity index (χ4n) is 2.43. The molecule has 0 atom stereocenters. The van der Waals surface area contributed by atoms with Crippen LogP contribution in [-0.2, 0) is 15.7 Å². The first-order valence-corrected chi connectivity index (χ1v) is 7.21. The minimum atomic E-state index is -0.424. The molecule has 1 aliphatic rings. The third-order valence-corrected chi connectivity index (χ3v) is 4.67. The van der Waals surface area contributed by atoms with E-state index in [0.29, 0.717) is 5.69 Å². The maximum atomic E-state index is 6.30. The van der Waals surface area contributed by atoms with Gasteiger partial charge < -0.3 is 15.0 Å². The molecule has 0 aromatic carbocycles. The van der Waals surface area contributed by atoms with Gasteiger partial charge in [-0.1, -0.05) is 6.92 Å². The largest absolute Gasteiger partial charge is 0.497 e. The molecule has 0 amide bonds. The first-order chi connectivity index (χ1) is 9.10. The van der Waals surface area contributed by atoms with E-state index < -0.39 is 7.12 Å². The third kappa shape index (κ3) is 2.23. The molecule has 2 heterocycles. The molecule has 2 rings (SSSR count). The second-order valence-electron chi connectivity index (χ2n) is 6.54. The predicted octanol–water partition coefficient (Wildman–Crippen LogP) is 2.14. The van der Waals surface area contributed by atoms with E-state index >= 15 is 0 Å². The summed E-state index contributed by atoms with van der Waals surface area (Å²) in [6, 6.07) is 0. The summed E-state index contributed by atoms with van der Waals surface area (Å²) in [6.45, 7) is 14.3. The zero-order chi connectivity index (χ0) is 15.3. The minimum Gasteiger partial charge on any atom is -0.399 e. The normalized spacial score (nSPS) is 20.4. The molecule has 1 aromatic rings. The van der Waals surface area contributed by atoms with Gasteiger partial charge in [0.05, 0.1) is 22.6 Å². The van der Waals surface area contributed by atoms with E-state index in [2.05, 4.69) is 11.9 Å². The summed E-state index contributed by atoms with van der Waals surface area (Å²) in [6.07, 6.45) is 0.805. The predicted molar refractivity (Wildman–Crippen MR) is 83.2 cm³/mol. The molecule has 1 aliphatic heterocycles. The standard InChI is InChI=1S/C15H25BN2O2/c1-8-11-13(17)12(9(2)10(3)18-11)16-19-14(4,5)15(6,7)20-16/h8,17H2,1-7H3. The number of nitrogens with zero attached hydrogens (tertiary/aromatic N) is 1. The van der Waals surface area contributed by atoms with Crippen molar-refractivity contribution in [2.45, 2.75) is 66.1 Å². The smallest absolute Gasteiger partial charge is 0.399 e. The Balaban J connectivity index is 2.52. The van der Waals surface area contributed by atoms with Crippen molar-refractivity contribution in [2.24, 2.45) is 0 Å². The molecule has 4 nitrogen and oxygen atoms in total. The number of nitrogens with two attached hydrogens (primary N) is 1. The van der Waals surface area contributed by atoms with Gasteiger partial charge in [-0.15, -0.1) is 0 Å². The molecule has 1 saturated heterocycles. The summed E-state index contributed by atoms with van der Waals surface area (Å²) < 4.78 is 12.3. The van der Waals surface area contributed by atoms with Crippen molar-refractivity contribution in [3.8, 4) is 0 Å². The summed E-state index contributed by atoms with van der Waals surface area (Å²) in [7, 11) is -0.424. The van der Waals surface area contributed by atoms with E-state index in [-0.39, 0.29) is 11.2 Å². The first kappa shape index (κ1) is 15.3. The molecule has 0 unspecified atom stereocenters. The molecule has 110 valence electrons. The fourth-order valence-corrected chi connectivity index (χ4v) is 2.43. The second-order valence-corrected chi connectivity index (χ2v) is 6.54. The molecule has 2 N–H and O–H groups in total. The number of hydrogen-bond donors (Lipinski definition) is 1. The number of aromatic nitrogens is 1. The van der Waals surface area contributed by atoms with E-state index in [1.54, 1.807) is 0 Å². The lowest BCUT2D eigenvalue weighted by Gasteiger charge is -2.32. The maximum absolute atomic E-state index is 6.30. The van der Waals surface area contributed by atoms with E-state index in [0.717, 1.165) is 28.8 Å². The van der Waals surface area contributed by atoms with Crippen LogP contribution < -0.4 is 11.2 Å². The van der Waals surface area contributed by atoms with Gasteiger partial charge in [-0.25, -0.2) is 0 Å². The SMILES string of the molecule is CCc1nc(C)c(C)c(B2OC(C)(C)C(C)(C)O2)c1N. The average Bonchev–Trinajstić information content (AvgIpc) is 2.53. The maximum Gasteiger partial charge on any atom is 0.497 e. The van der Waals surface area contributed by atoms with Gasteiger partial charge >= 0.3 is 7.12 Å². The fraction of sp³-hybridized carbons (Fsp3) is 0.667. The van der Waals surface area contributed by atoms with Crippen LogP contribution in [-0.4, -0.2) is 23.3 Å². The summed E-state index contributed by atoms with van der Waals surface area (Å²) in [5, 5.41) is 0. The molecule has 0 radical (unpaired) electrons. The molecule has 0 spiro atoms. The van der Waals surface area contributed by atoms with Crippen LogP contribution in [0.15, 0.2) is 0 Å². The number of nitrogen functional groups attached to an aromatic ring is 1. The number of hydrogen-bond acceptors (Lipinski definition) is 4. The van der Waals surface area contributed by atoms with Gasteiger partial charge in [0, 0.05) is 11.2 Å². The molecular weight excluding hydrogens is 251 g/mol. The summed E-state index contributed by atoms with van der Waals surface area (Å²) in [4.78, 5) is 4.56. The summed E-state index contributed by atoms with van der Waals surface area (Å²) in [5.41, 5.74) is 10.2. The Morgan fingerprint density at radius 1 is 1.10 bits per heavy atom. The third-order valence-electron chi connectivity index (χ3n) is 4.67. The van der Waals surface area contributed by atoms with Crippen molar-refractivity contribution >= 4 is 18.3 Å². The lowest BCUT2D eigenvalue weighted by molar-refractivity contribution is 0.00578. The Kier molecular flexibility index (Phi) is 3.63. The van der Waals surface area contributed by atoms with Crippen molar-refractivity contribution in [1.29, 1.82) is 0 Å². The molecule has 20 heavy (non-hydrogen) atoms. The zero-order valence-electron chi connectivity index (χ0n) is 13.6. The van der Waals surface area contributed by atoms with Crippen LogP contribution in [0.4, 0.5) is 5.69 Å². The highest BCUT2D eigenvalue weighted by atomic mass is 16.7. The van der Waals surface area contributed by atoms with Gasteiger partial charge in [0.1, 0.15) is 0 Å². The van der Waals surface area contributed by atoms with Gasteiger partial charge in [-0.3, -0.25) is 4.98 Å². The van der Waals surface area contributed by atoms with Crippen LogP contribution in [0.5, 0.6) is 0 Å². The average molecular weight is 276 g/mol. The Hall–Kier alpha value is -1.07. The zero-order valence-corrected chi connectivity index (χ0v) is 13.6. The number of aryl methyl sites for hydroxylation is 2. The quantitative estimate of drug-likeness (QED) is 0.841. The monoisotopic (exact) mass is 276 g/mol. The summed E-state index contributed by atoms with van der Waals surface area (Å²) >= 11 is 0. The summed E-state index contributed by atoms with van der Waals surface area (Å²) in [5.74, 6) is 0. The highest BCUT2D eigenvalue weighted by Gasteiger charge is 2.52. The van der Waals surface area contributed by atoms with Gasteiger partial charge in [-0.2, -0.15) is 0 Å².